The molecule has 0 unspecified atom stereocenters. The van der Waals surface area contributed by atoms with Crippen molar-refractivity contribution in [3.8, 4) is 0 Å². The molecule has 21 heavy (non-hydrogen) atoms. The normalized spacial score (nSPS) is 11.8. The Morgan fingerprint density at radius 3 is 2.52 bits per heavy atom. The summed E-state index contributed by atoms with van der Waals surface area (Å²) < 4.78 is 40.4. The number of hydrogen-bond donors (Lipinski definition) is 1. The van der Waals surface area contributed by atoms with E-state index in [4.69, 9.17) is 5.73 Å². The van der Waals surface area contributed by atoms with E-state index in [2.05, 4.69) is 15.9 Å². The molecule has 0 radical (unpaired) electrons. The van der Waals surface area contributed by atoms with Crippen molar-refractivity contribution in [3.05, 3.63) is 58.3 Å². The van der Waals surface area contributed by atoms with Gasteiger partial charge in [0.05, 0.1) is 5.69 Å². The number of hydrogen-bond acceptors (Lipinski definition) is 3. The summed E-state index contributed by atoms with van der Waals surface area (Å²) in [5.74, 6) is -0.441. The van der Waals surface area contributed by atoms with Gasteiger partial charge in [-0.1, -0.05) is 34.1 Å². The molecular weight excluding hydrogens is 359 g/mol. The second-order valence-electron chi connectivity index (χ2n) is 4.53. The van der Waals surface area contributed by atoms with Gasteiger partial charge in [0.15, 0.2) is 0 Å². The molecule has 0 saturated carbocycles. The Labute approximate surface area is 131 Å². The molecule has 0 aliphatic heterocycles. The Balaban J connectivity index is 2.33. The van der Waals surface area contributed by atoms with Gasteiger partial charge in [-0.25, -0.2) is 12.8 Å². The molecule has 0 aliphatic rings. The highest BCUT2D eigenvalue weighted by atomic mass is 79.9. The van der Waals surface area contributed by atoms with Gasteiger partial charge in [-0.2, -0.15) is 4.31 Å². The van der Waals surface area contributed by atoms with Crippen molar-refractivity contribution in [2.45, 2.75) is 11.4 Å². The van der Waals surface area contributed by atoms with Crippen molar-refractivity contribution < 1.29 is 12.8 Å². The van der Waals surface area contributed by atoms with E-state index < -0.39 is 15.8 Å². The molecule has 2 N–H and O–H groups in total. The zero-order chi connectivity index (χ0) is 15.6. The fraction of sp³-hybridized carbons (Fsp3) is 0.143. The van der Waals surface area contributed by atoms with Crippen molar-refractivity contribution in [2.24, 2.45) is 0 Å². The van der Waals surface area contributed by atoms with E-state index >= 15 is 0 Å². The van der Waals surface area contributed by atoms with Crippen molar-refractivity contribution in [1.82, 2.24) is 4.31 Å². The summed E-state index contributed by atoms with van der Waals surface area (Å²) in [6.07, 6.45) is 0. The predicted octanol–water partition coefficient (Wildman–Crippen LogP) is 2.99. The first-order chi connectivity index (χ1) is 9.82. The second-order valence-corrected chi connectivity index (χ2v) is 7.46. The molecule has 0 fully saturated rings. The highest BCUT2D eigenvalue weighted by molar-refractivity contribution is 9.10. The van der Waals surface area contributed by atoms with E-state index in [1.54, 1.807) is 24.3 Å². The molecule has 7 heteroatoms. The number of nitrogens with zero attached hydrogens (tertiary/aromatic N) is 1. The van der Waals surface area contributed by atoms with Crippen molar-refractivity contribution in [3.63, 3.8) is 0 Å². The van der Waals surface area contributed by atoms with Gasteiger partial charge in [-0.05, 0) is 24.3 Å². The molecule has 0 amide bonds. The monoisotopic (exact) mass is 372 g/mol. The first-order valence-electron chi connectivity index (χ1n) is 6.07. The van der Waals surface area contributed by atoms with Crippen LogP contribution in [-0.4, -0.2) is 19.8 Å². The molecule has 112 valence electrons. The molecule has 0 atom stereocenters. The van der Waals surface area contributed by atoms with Gasteiger partial charge < -0.3 is 5.73 Å². The van der Waals surface area contributed by atoms with Crippen LogP contribution in [0, 0.1) is 5.82 Å². The minimum Gasteiger partial charge on any atom is -0.398 e. The minimum absolute atomic E-state index is 0.00420. The molecule has 2 aromatic carbocycles. The van der Waals surface area contributed by atoms with Crippen LogP contribution in [0.1, 0.15) is 5.56 Å². The summed E-state index contributed by atoms with van der Waals surface area (Å²) in [4.78, 5) is 0.00420. The van der Waals surface area contributed by atoms with Crippen LogP contribution in [0.5, 0.6) is 0 Å². The maximum atomic E-state index is 13.6. The molecule has 0 spiro atoms. The van der Waals surface area contributed by atoms with Crippen LogP contribution in [0.15, 0.2) is 51.8 Å². The molecule has 0 saturated heterocycles. The third-order valence-electron chi connectivity index (χ3n) is 3.01. The number of sulfonamides is 1. The summed E-state index contributed by atoms with van der Waals surface area (Å²) >= 11 is 3.23. The molecule has 4 nitrogen and oxygen atoms in total. The smallest absolute Gasteiger partial charge is 0.245 e. The zero-order valence-corrected chi connectivity index (χ0v) is 13.7. The average Bonchev–Trinajstić information content (AvgIpc) is 2.40. The maximum absolute atomic E-state index is 13.6. The highest BCUT2D eigenvalue weighted by Crippen LogP contribution is 2.26. The van der Waals surface area contributed by atoms with E-state index in [1.807, 2.05) is 0 Å². The van der Waals surface area contributed by atoms with Gasteiger partial charge in [0.1, 0.15) is 10.7 Å². The quantitative estimate of drug-likeness (QED) is 0.839. The fourth-order valence-corrected chi connectivity index (χ4v) is 3.49. The van der Waals surface area contributed by atoms with Crippen molar-refractivity contribution in [1.29, 1.82) is 0 Å². The standard InChI is InChI=1S/C14H14BrFN2O2S/c1-18(9-10-4-2-3-5-12(10)16)21(19,20)14-7-6-11(15)8-13(14)17/h2-8H,9,17H2,1H3. The molecule has 0 heterocycles. The van der Waals surface area contributed by atoms with E-state index in [1.165, 1.54) is 25.2 Å². The van der Waals surface area contributed by atoms with Gasteiger partial charge in [0.2, 0.25) is 10.0 Å². The molecule has 0 bridgehead atoms. The number of nitrogen functional groups attached to an aromatic ring is 1. The molecule has 0 aromatic heterocycles. The predicted molar refractivity (Wildman–Crippen MR) is 83.6 cm³/mol. The summed E-state index contributed by atoms with van der Waals surface area (Å²) in [5.41, 5.74) is 6.21. The summed E-state index contributed by atoms with van der Waals surface area (Å²) in [6.45, 7) is -0.0650. The number of rotatable bonds is 4. The third kappa shape index (κ3) is 3.42. The minimum atomic E-state index is -3.78. The Bertz CT molecular complexity index is 765. The molecule has 2 aromatic rings. The van der Waals surface area contributed by atoms with Crippen LogP contribution >= 0.6 is 15.9 Å². The van der Waals surface area contributed by atoms with Crippen LogP contribution in [0.3, 0.4) is 0 Å². The van der Waals surface area contributed by atoms with Gasteiger partial charge >= 0.3 is 0 Å². The van der Waals surface area contributed by atoms with Crippen LogP contribution in [-0.2, 0) is 16.6 Å². The lowest BCUT2D eigenvalue weighted by Gasteiger charge is -2.18. The van der Waals surface area contributed by atoms with E-state index in [9.17, 15) is 12.8 Å². The van der Waals surface area contributed by atoms with Gasteiger partial charge in [0, 0.05) is 23.6 Å². The first kappa shape index (κ1) is 15.9. The average molecular weight is 373 g/mol. The Morgan fingerprint density at radius 1 is 1.24 bits per heavy atom. The number of benzene rings is 2. The second kappa shape index (κ2) is 6.13. The van der Waals surface area contributed by atoms with E-state index in [-0.39, 0.29) is 17.1 Å². The lowest BCUT2D eigenvalue weighted by atomic mass is 10.2. The lowest BCUT2D eigenvalue weighted by Crippen LogP contribution is -2.27. The van der Waals surface area contributed by atoms with Gasteiger partial charge in [-0.3, -0.25) is 0 Å². The fourth-order valence-electron chi connectivity index (χ4n) is 1.87. The molecule has 0 aliphatic carbocycles. The van der Waals surface area contributed by atoms with Gasteiger partial charge in [0.25, 0.3) is 0 Å². The SMILES string of the molecule is CN(Cc1ccccc1F)S(=O)(=O)c1ccc(Br)cc1N. The zero-order valence-electron chi connectivity index (χ0n) is 11.3. The van der Waals surface area contributed by atoms with Gasteiger partial charge in [-0.15, -0.1) is 0 Å². The lowest BCUT2D eigenvalue weighted by molar-refractivity contribution is 0.456. The Morgan fingerprint density at radius 2 is 1.90 bits per heavy atom. The topological polar surface area (TPSA) is 63.4 Å². The molecule has 2 rings (SSSR count). The third-order valence-corrected chi connectivity index (χ3v) is 5.38. The number of nitrogens with two attached hydrogens (primary N) is 1. The highest BCUT2D eigenvalue weighted by Gasteiger charge is 2.24. The van der Waals surface area contributed by atoms with Crippen LogP contribution in [0.4, 0.5) is 10.1 Å². The maximum Gasteiger partial charge on any atom is 0.245 e. The Hall–Kier alpha value is -1.44. The van der Waals surface area contributed by atoms with Crippen molar-refractivity contribution >= 4 is 31.6 Å². The first-order valence-corrected chi connectivity index (χ1v) is 8.30. The summed E-state index contributed by atoms with van der Waals surface area (Å²) in [6, 6.07) is 10.6. The van der Waals surface area contributed by atoms with E-state index in [0.29, 0.717) is 10.0 Å². The van der Waals surface area contributed by atoms with E-state index in [0.717, 1.165) is 4.31 Å². The summed E-state index contributed by atoms with van der Waals surface area (Å²) in [7, 11) is -2.39. The summed E-state index contributed by atoms with van der Waals surface area (Å²) in [5, 5.41) is 0. The number of anilines is 1. The van der Waals surface area contributed by atoms with Crippen LogP contribution in [0.25, 0.3) is 0 Å². The van der Waals surface area contributed by atoms with Crippen LogP contribution in [0.2, 0.25) is 0 Å². The van der Waals surface area contributed by atoms with Crippen LogP contribution < -0.4 is 5.73 Å². The van der Waals surface area contributed by atoms with Crippen molar-refractivity contribution in [2.75, 3.05) is 12.8 Å². The number of halogens is 2. The Kier molecular flexibility index (Phi) is 4.65. The molecular formula is C14H14BrFN2O2S. The largest absolute Gasteiger partial charge is 0.398 e.